The van der Waals surface area contributed by atoms with Crippen LogP contribution in [-0.4, -0.2) is 25.4 Å². The molecule has 0 unspecified atom stereocenters. The zero-order valence-electron chi connectivity index (χ0n) is 9.44. The van der Waals surface area contributed by atoms with Gasteiger partial charge in [0.2, 0.25) is 0 Å². The fourth-order valence-electron chi connectivity index (χ4n) is 1.60. The lowest BCUT2D eigenvalue weighted by molar-refractivity contribution is 0.146. The molecule has 90 valence electrons. The summed E-state index contributed by atoms with van der Waals surface area (Å²) in [5.41, 5.74) is 0. The van der Waals surface area contributed by atoms with E-state index in [4.69, 9.17) is 9.47 Å². The van der Waals surface area contributed by atoms with Crippen molar-refractivity contribution in [3.63, 3.8) is 0 Å². The first-order valence-electron chi connectivity index (χ1n) is 5.25. The normalized spacial score (nSPS) is 10.7. The molecule has 2 rings (SSSR count). The van der Waals surface area contributed by atoms with E-state index >= 15 is 0 Å². The molecule has 0 aliphatic carbocycles. The number of methoxy groups -OCH3 is 1. The molecule has 2 aromatic rings. The highest BCUT2D eigenvalue weighted by Gasteiger charge is 2.05. The second kappa shape index (κ2) is 5.38. The number of aromatic hydroxyl groups is 1. The third-order valence-corrected chi connectivity index (χ3v) is 3.11. The molecule has 0 aromatic heterocycles. The largest absolute Gasteiger partial charge is 0.506 e. The molecule has 0 amide bonds. The highest BCUT2D eigenvalue weighted by atomic mass is 79.9. The molecule has 2 aromatic carbocycles. The minimum Gasteiger partial charge on any atom is -0.506 e. The van der Waals surface area contributed by atoms with E-state index in [1.54, 1.807) is 7.11 Å². The molecule has 0 radical (unpaired) electrons. The quantitative estimate of drug-likeness (QED) is 0.880. The smallest absolute Gasteiger partial charge is 0.137 e. The van der Waals surface area contributed by atoms with Gasteiger partial charge in [0, 0.05) is 12.5 Å². The van der Waals surface area contributed by atoms with Gasteiger partial charge in [-0.15, -0.1) is 0 Å². The average Bonchev–Trinajstić information content (AvgIpc) is 2.34. The molecule has 0 aliphatic rings. The summed E-state index contributed by atoms with van der Waals surface area (Å²) in [5.74, 6) is 1.03. The summed E-state index contributed by atoms with van der Waals surface area (Å²) in [6.45, 7) is 1.08. The molecule has 1 N–H and O–H groups in total. The summed E-state index contributed by atoms with van der Waals surface area (Å²) in [7, 11) is 1.64. The van der Waals surface area contributed by atoms with Gasteiger partial charge in [0.1, 0.15) is 18.1 Å². The van der Waals surface area contributed by atoms with Crippen LogP contribution in [-0.2, 0) is 4.74 Å². The van der Waals surface area contributed by atoms with Crippen molar-refractivity contribution in [1.29, 1.82) is 0 Å². The number of benzene rings is 2. The third kappa shape index (κ3) is 2.70. The molecule has 0 saturated carbocycles. The zero-order chi connectivity index (χ0) is 12.3. The van der Waals surface area contributed by atoms with Gasteiger partial charge in [-0.3, -0.25) is 0 Å². The molecule has 0 aliphatic heterocycles. The molecule has 0 atom stereocenters. The van der Waals surface area contributed by atoms with Crippen LogP contribution in [0.4, 0.5) is 0 Å². The van der Waals surface area contributed by atoms with Crippen molar-refractivity contribution in [2.75, 3.05) is 20.3 Å². The SMILES string of the molecule is COCCOc1ccc2c(O)c(Br)ccc2c1. The lowest BCUT2D eigenvalue weighted by Crippen LogP contribution is -2.03. The van der Waals surface area contributed by atoms with E-state index < -0.39 is 0 Å². The lowest BCUT2D eigenvalue weighted by Gasteiger charge is -2.08. The van der Waals surface area contributed by atoms with Gasteiger partial charge in [-0.05, 0) is 45.6 Å². The molecule has 0 saturated heterocycles. The van der Waals surface area contributed by atoms with E-state index in [-0.39, 0.29) is 5.75 Å². The highest BCUT2D eigenvalue weighted by Crippen LogP contribution is 2.34. The second-order valence-electron chi connectivity index (χ2n) is 3.62. The van der Waals surface area contributed by atoms with E-state index in [1.807, 2.05) is 30.3 Å². The molecular formula is C13H13BrO3. The Morgan fingerprint density at radius 3 is 2.76 bits per heavy atom. The fourth-order valence-corrected chi connectivity index (χ4v) is 1.94. The van der Waals surface area contributed by atoms with Crippen LogP contribution in [0.5, 0.6) is 11.5 Å². The van der Waals surface area contributed by atoms with Gasteiger partial charge in [-0.1, -0.05) is 6.07 Å². The predicted molar refractivity (Wildman–Crippen MR) is 70.7 cm³/mol. The van der Waals surface area contributed by atoms with Crippen molar-refractivity contribution in [3.05, 3.63) is 34.8 Å². The maximum Gasteiger partial charge on any atom is 0.137 e. The van der Waals surface area contributed by atoms with E-state index in [0.717, 1.165) is 16.5 Å². The Labute approximate surface area is 108 Å². The van der Waals surface area contributed by atoms with E-state index in [1.165, 1.54) is 0 Å². The van der Waals surface area contributed by atoms with Crippen LogP contribution in [0.15, 0.2) is 34.8 Å². The Morgan fingerprint density at radius 1 is 1.18 bits per heavy atom. The lowest BCUT2D eigenvalue weighted by atomic mass is 10.1. The first kappa shape index (κ1) is 12.2. The van der Waals surface area contributed by atoms with E-state index in [0.29, 0.717) is 17.7 Å². The number of fused-ring (bicyclic) bond motifs is 1. The van der Waals surface area contributed by atoms with Crippen LogP contribution >= 0.6 is 15.9 Å². The van der Waals surface area contributed by atoms with E-state index in [2.05, 4.69) is 15.9 Å². The number of rotatable bonds is 4. The standard InChI is InChI=1S/C13H13BrO3/c1-16-6-7-17-10-3-4-11-9(8-10)2-5-12(14)13(11)15/h2-5,8,15H,6-7H2,1H3. The first-order valence-corrected chi connectivity index (χ1v) is 6.04. The minimum atomic E-state index is 0.256. The summed E-state index contributed by atoms with van der Waals surface area (Å²) in [6.07, 6.45) is 0. The second-order valence-corrected chi connectivity index (χ2v) is 4.47. The number of hydrogen-bond acceptors (Lipinski definition) is 3. The van der Waals surface area contributed by atoms with Gasteiger partial charge in [0.05, 0.1) is 11.1 Å². The Kier molecular flexibility index (Phi) is 3.86. The predicted octanol–water partition coefficient (Wildman–Crippen LogP) is 3.33. The van der Waals surface area contributed by atoms with Crippen LogP contribution in [0, 0.1) is 0 Å². The number of phenols is 1. The maximum atomic E-state index is 9.86. The maximum absolute atomic E-state index is 9.86. The highest BCUT2D eigenvalue weighted by molar-refractivity contribution is 9.10. The monoisotopic (exact) mass is 296 g/mol. The summed E-state index contributed by atoms with van der Waals surface area (Å²) in [4.78, 5) is 0. The Bertz CT molecular complexity index is 525. The molecule has 3 nitrogen and oxygen atoms in total. The Hall–Kier alpha value is -1.26. The number of halogens is 1. The number of ether oxygens (including phenoxy) is 2. The summed E-state index contributed by atoms with van der Waals surface area (Å²) in [6, 6.07) is 9.33. The van der Waals surface area contributed by atoms with Crippen LogP contribution < -0.4 is 4.74 Å². The molecule has 0 bridgehead atoms. The van der Waals surface area contributed by atoms with Crippen LogP contribution in [0.3, 0.4) is 0 Å². The minimum absolute atomic E-state index is 0.256. The average molecular weight is 297 g/mol. The van der Waals surface area contributed by atoms with E-state index in [9.17, 15) is 5.11 Å². The summed E-state index contributed by atoms with van der Waals surface area (Å²) >= 11 is 3.29. The molecule has 0 spiro atoms. The zero-order valence-corrected chi connectivity index (χ0v) is 11.0. The van der Waals surface area contributed by atoms with Gasteiger partial charge >= 0.3 is 0 Å². The third-order valence-electron chi connectivity index (χ3n) is 2.47. The van der Waals surface area contributed by atoms with Gasteiger partial charge in [0.15, 0.2) is 0 Å². The molecule has 0 heterocycles. The first-order chi connectivity index (χ1) is 8.22. The van der Waals surface area contributed by atoms with Crippen LogP contribution in [0.2, 0.25) is 0 Å². The van der Waals surface area contributed by atoms with Crippen LogP contribution in [0.25, 0.3) is 10.8 Å². The van der Waals surface area contributed by atoms with Gasteiger partial charge in [0.25, 0.3) is 0 Å². The van der Waals surface area contributed by atoms with Crippen molar-refractivity contribution in [1.82, 2.24) is 0 Å². The molecule has 17 heavy (non-hydrogen) atoms. The number of phenolic OH excluding ortho intramolecular Hbond substituents is 1. The van der Waals surface area contributed by atoms with Crippen LogP contribution in [0.1, 0.15) is 0 Å². The van der Waals surface area contributed by atoms with Crippen molar-refractivity contribution in [2.24, 2.45) is 0 Å². The Morgan fingerprint density at radius 2 is 2.00 bits per heavy atom. The molecule has 4 heteroatoms. The summed E-state index contributed by atoms with van der Waals surface area (Å²) < 4.78 is 11.1. The van der Waals surface area contributed by atoms with Crippen molar-refractivity contribution in [2.45, 2.75) is 0 Å². The number of hydrogen-bond donors (Lipinski definition) is 1. The topological polar surface area (TPSA) is 38.7 Å². The molecular weight excluding hydrogens is 284 g/mol. The van der Waals surface area contributed by atoms with Crippen molar-refractivity contribution in [3.8, 4) is 11.5 Å². The van der Waals surface area contributed by atoms with Crippen molar-refractivity contribution >= 4 is 26.7 Å². The van der Waals surface area contributed by atoms with Gasteiger partial charge in [-0.25, -0.2) is 0 Å². The Balaban J connectivity index is 2.29. The summed E-state index contributed by atoms with van der Waals surface area (Å²) in [5, 5.41) is 11.6. The van der Waals surface area contributed by atoms with Gasteiger partial charge in [-0.2, -0.15) is 0 Å². The van der Waals surface area contributed by atoms with Gasteiger partial charge < -0.3 is 14.6 Å². The fraction of sp³-hybridized carbons (Fsp3) is 0.231. The molecule has 0 fully saturated rings. The van der Waals surface area contributed by atoms with Crippen molar-refractivity contribution < 1.29 is 14.6 Å².